The number of hydrogen-bond donors (Lipinski definition) is 2. The number of pyridine rings is 1. The Morgan fingerprint density at radius 1 is 1.11 bits per heavy atom. The average molecular weight is 502 g/mol. The van der Waals surface area contributed by atoms with E-state index in [4.69, 9.17) is 5.26 Å². The minimum atomic E-state index is -4.66. The molecule has 10 heteroatoms. The first kappa shape index (κ1) is 26.8. The van der Waals surface area contributed by atoms with Crippen molar-refractivity contribution in [1.29, 1.82) is 0 Å². The third-order valence-corrected chi connectivity index (χ3v) is 5.67. The van der Waals surface area contributed by atoms with Crippen molar-refractivity contribution in [3.05, 3.63) is 77.1 Å². The Kier molecular flexibility index (Phi) is 8.44. The molecule has 36 heavy (non-hydrogen) atoms. The SMILES string of the molecule is CCN(CCOO)c1cc(-c2cc(NC(=O)c3ccnc(C(F)(F)F)c3)ccc2C)ccc1C(C)=O. The maximum absolute atomic E-state index is 13.0. The molecular formula is C26H26F3N3O4. The number of rotatable bonds is 9. The number of benzene rings is 2. The summed E-state index contributed by atoms with van der Waals surface area (Å²) >= 11 is 0. The summed E-state index contributed by atoms with van der Waals surface area (Å²) in [5.74, 6) is -0.820. The minimum absolute atomic E-state index is 0.0566. The van der Waals surface area contributed by atoms with E-state index in [0.29, 0.717) is 36.1 Å². The van der Waals surface area contributed by atoms with Crippen molar-refractivity contribution in [3.8, 4) is 11.1 Å². The Bertz CT molecular complexity index is 1260. The van der Waals surface area contributed by atoms with Gasteiger partial charge in [0, 0.05) is 41.8 Å². The predicted molar refractivity (Wildman–Crippen MR) is 130 cm³/mol. The number of nitrogens with zero attached hydrogens (tertiary/aromatic N) is 2. The Labute approximate surface area is 206 Å². The Balaban J connectivity index is 1.96. The number of halogens is 3. The summed E-state index contributed by atoms with van der Waals surface area (Å²) in [4.78, 5) is 34.3. The number of anilines is 2. The van der Waals surface area contributed by atoms with Crippen molar-refractivity contribution in [3.63, 3.8) is 0 Å². The summed E-state index contributed by atoms with van der Waals surface area (Å²) < 4.78 is 38.9. The normalized spacial score (nSPS) is 11.3. The highest BCUT2D eigenvalue weighted by Crippen LogP contribution is 2.33. The van der Waals surface area contributed by atoms with Crippen LogP contribution in [0.2, 0.25) is 0 Å². The molecule has 0 bridgehead atoms. The van der Waals surface area contributed by atoms with Crippen molar-refractivity contribution in [1.82, 2.24) is 4.98 Å². The molecule has 190 valence electrons. The van der Waals surface area contributed by atoms with Gasteiger partial charge in [0.1, 0.15) is 5.69 Å². The van der Waals surface area contributed by atoms with E-state index in [2.05, 4.69) is 15.2 Å². The molecule has 0 aliphatic carbocycles. The van der Waals surface area contributed by atoms with Crippen molar-refractivity contribution < 1.29 is 32.9 Å². The molecule has 3 aromatic rings. The number of likely N-dealkylation sites (N-methyl/N-ethyl adjacent to an activating group) is 1. The maximum Gasteiger partial charge on any atom is 0.433 e. The molecular weight excluding hydrogens is 475 g/mol. The predicted octanol–water partition coefficient (Wildman–Crippen LogP) is 5.85. The molecule has 0 spiro atoms. The first-order chi connectivity index (χ1) is 17.0. The van der Waals surface area contributed by atoms with E-state index in [0.717, 1.165) is 22.9 Å². The maximum atomic E-state index is 13.0. The van der Waals surface area contributed by atoms with Crippen LogP contribution in [0.1, 0.15) is 45.8 Å². The lowest BCUT2D eigenvalue weighted by Gasteiger charge is -2.25. The summed E-state index contributed by atoms with van der Waals surface area (Å²) in [7, 11) is 0. The molecule has 1 heterocycles. The van der Waals surface area contributed by atoms with E-state index in [-0.39, 0.29) is 18.0 Å². The molecule has 0 saturated carbocycles. The van der Waals surface area contributed by atoms with Gasteiger partial charge in [0.25, 0.3) is 5.91 Å². The summed E-state index contributed by atoms with van der Waals surface area (Å²) in [6.07, 6.45) is -3.72. The summed E-state index contributed by atoms with van der Waals surface area (Å²) in [5.41, 5.74) is 2.69. The van der Waals surface area contributed by atoms with Gasteiger partial charge >= 0.3 is 6.18 Å². The van der Waals surface area contributed by atoms with Crippen LogP contribution in [-0.2, 0) is 11.1 Å². The van der Waals surface area contributed by atoms with Crippen molar-refractivity contribution in [2.24, 2.45) is 0 Å². The molecule has 7 nitrogen and oxygen atoms in total. The molecule has 1 amide bonds. The van der Waals surface area contributed by atoms with E-state index in [1.165, 1.54) is 13.0 Å². The number of ketones is 1. The number of aromatic nitrogens is 1. The molecule has 0 unspecified atom stereocenters. The number of alkyl halides is 3. The first-order valence-corrected chi connectivity index (χ1v) is 11.2. The van der Waals surface area contributed by atoms with Crippen LogP contribution < -0.4 is 10.2 Å². The number of carbonyl (C=O) groups is 2. The van der Waals surface area contributed by atoms with Crippen molar-refractivity contribution in [2.75, 3.05) is 29.9 Å². The van der Waals surface area contributed by atoms with Crippen LogP contribution in [0.4, 0.5) is 24.5 Å². The third kappa shape index (κ3) is 6.27. The van der Waals surface area contributed by atoms with Crippen LogP contribution >= 0.6 is 0 Å². The van der Waals surface area contributed by atoms with E-state index >= 15 is 0 Å². The summed E-state index contributed by atoms with van der Waals surface area (Å²) in [6.45, 7) is 6.25. The minimum Gasteiger partial charge on any atom is -0.369 e. The molecule has 0 atom stereocenters. The van der Waals surface area contributed by atoms with E-state index < -0.39 is 17.8 Å². The van der Waals surface area contributed by atoms with Crippen LogP contribution in [-0.4, -0.2) is 41.6 Å². The summed E-state index contributed by atoms with van der Waals surface area (Å²) in [6, 6.07) is 12.4. The van der Waals surface area contributed by atoms with Gasteiger partial charge < -0.3 is 10.2 Å². The lowest BCUT2D eigenvalue weighted by atomic mass is 9.96. The Hall–Kier alpha value is -3.76. The van der Waals surface area contributed by atoms with Crippen LogP contribution in [0.25, 0.3) is 11.1 Å². The molecule has 0 radical (unpaired) electrons. The average Bonchev–Trinajstić information content (AvgIpc) is 2.85. The van der Waals surface area contributed by atoms with Gasteiger partial charge in [-0.15, -0.1) is 0 Å². The second-order valence-electron chi connectivity index (χ2n) is 8.11. The van der Waals surface area contributed by atoms with Crippen LogP contribution in [0.3, 0.4) is 0 Å². The van der Waals surface area contributed by atoms with Crippen molar-refractivity contribution in [2.45, 2.75) is 26.9 Å². The number of amides is 1. The van der Waals surface area contributed by atoms with Gasteiger partial charge in [-0.1, -0.05) is 12.1 Å². The highest BCUT2D eigenvalue weighted by atomic mass is 19.4. The van der Waals surface area contributed by atoms with Crippen molar-refractivity contribution >= 4 is 23.1 Å². The van der Waals surface area contributed by atoms with Gasteiger partial charge in [-0.25, -0.2) is 4.89 Å². The number of nitrogens with one attached hydrogen (secondary N) is 1. The topological polar surface area (TPSA) is 91.8 Å². The van der Waals surface area contributed by atoms with E-state index in [1.54, 1.807) is 30.3 Å². The van der Waals surface area contributed by atoms with Crippen LogP contribution in [0.5, 0.6) is 0 Å². The lowest BCUT2D eigenvalue weighted by Crippen LogP contribution is -2.28. The zero-order valence-corrected chi connectivity index (χ0v) is 20.0. The molecule has 2 aromatic carbocycles. The van der Waals surface area contributed by atoms with Gasteiger partial charge in [0.15, 0.2) is 5.78 Å². The Morgan fingerprint density at radius 3 is 2.50 bits per heavy atom. The largest absolute Gasteiger partial charge is 0.433 e. The fourth-order valence-corrected chi connectivity index (χ4v) is 3.80. The second kappa shape index (κ2) is 11.3. The first-order valence-electron chi connectivity index (χ1n) is 11.2. The second-order valence-corrected chi connectivity index (χ2v) is 8.11. The van der Waals surface area contributed by atoms with Crippen LogP contribution in [0.15, 0.2) is 54.7 Å². The summed E-state index contributed by atoms with van der Waals surface area (Å²) in [5, 5.41) is 11.4. The van der Waals surface area contributed by atoms with E-state index in [9.17, 15) is 22.8 Å². The standard InChI is InChI=1S/C26H26F3N3O4/c1-4-32(11-12-36-35)23-13-18(6-8-21(23)17(3)33)22-15-20(7-5-16(22)2)31-25(34)19-9-10-30-24(14-19)26(27,28)29/h5-10,13-15,35H,4,11-12H2,1-3H3,(H,31,34). The molecule has 3 rings (SSSR count). The van der Waals surface area contributed by atoms with Gasteiger partial charge in [-0.3, -0.25) is 19.8 Å². The quantitative estimate of drug-likeness (QED) is 0.217. The van der Waals surface area contributed by atoms with Gasteiger partial charge in [-0.2, -0.15) is 13.2 Å². The van der Waals surface area contributed by atoms with Gasteiger partial charge in [0.2, 0.25) is 0 Å². The van der Waals surface area contributed by atoms with Gasteiger partial charge in [-0.05, 0) is 73.9 Å². The Morgan fingerprint density at radius 2 is 1.86 bits per heavy atom. The highest BCUT2D eigenvalue weighted by Gasteiger charge is 2.33. The smallest absolute Gasteiger partial charge is 0.369 e. The third-order valence-electron chi connectivity index (χ3n) is 5.67. The molecule has 2 N–H and O–H groups in total. The number of carbonyl (C=O) groups excluding carboxylic acids is 2. The van der Waals surface area contributed by atoms with Gasteiger partial charge in [0.05, 0.1) is 6.61 Å². The molecule has 0 fully saturated rings. The zero-order valence-electron chi connectivity index (χ0n) is 20.0. The number of Topliss-reactive ketones (excluding diaryl/α,β-unsaturated/α-hetero) is 1. The van der Waals surface area contributed by atoms with Crippen LogP contribution in [0, 0.1) is 6.92 Å². The fraction of sp³-hybridized carbons (Fsp3) is 0.269. The monoisotopic (exact) mass is 501 g/mol. The molecule has 1 aromatic heterocycles. The number of hydrogen-bond acceptors (Lipinski definition) is 6. The molecule has 0 aliphatic rings. The fourth-order valence-electron chi connectivity index (χ4n) is 3.80. The molecule has 0 aliphatic heterocycles. The number of aryl methyl sites for hydroxylation is 1. The molecule has 0 saturated heterocycles. The zero-order chi connectivity index (χ0) is 26.5. The van der Waals surface area contributed by atoms with E-state index in [1.807, 2.05) is 24.8 Å². The lowest BCUT2D eigenvalue weighted by molar-refractivity contribution is -0.239. The highest BCUT2D eigenvalue weighted by molar-refractivity contribution is 6.05.